The predicted octanol–water partition coefficient (Wildman–Crippen LogP) is 3.33. The summed E-state index contributed by atoms with van der Waals surface area (Å²) in [7, 11) is 1.80. The summed E-state index contributed by atoms with van der Waals surface area (Å²) in [4.78, 5) is 25.0. The number of morpholine rings is 1. The lowest BCUT2D eigenvalue weighted by atomic mass is 10.2. The molecule has 2 N–H and O–H groups in total. The Bertz CT molecular complexity index is 1710. The van der Waals surface area contributed by atoms with Gasteiger partial charge in [-0.1, -0.05) is 18.2 Å². The predicted molar refractivity (Wildman–Crippen MR) is 156 cm³/mol. The number of nitrogens with one attached hydrogen (secondary N) is 1. The summed E-state index contributed by atoms with van der Waals surface area (Å²) in [6.07, 6.45) is 0.979. The fraction of sp³-hybridized carbons (Fsp3) is 0.367. The summed E-state index contributed by atoms with van der Waals surface area (Å²) in [6, 6.07) is 17.4. The number of aromatic nitrogens is 5. The van der Waals surface area contributed by atoms with E-state index >= 15 is 0 Å². The zero-order valence-corrected chi connectivity index (χ0v) is 23.0. The molecule has 40 heavy (non-hydrogen) atoms. The Hall–Kier alpha value is -4.15. The maximum Gasteiger partial charge on any atom is 0.329 e. The molecule has 0 radical (unpaired) electrons. The van der Waals surface area contributed by atoms with Gasteiger partial charge in [0.15, 0.2) is 0 Å². The van der Waals surface area contributed by atoms with Crippen LogP contribution in [0.2, 0.25) is 0 Å². The van der Waals surface area contributed by atoms with Crippen LogP contribution in [0.1, 0.15) is 23.4 Å². The number of para-hydroxylation sites is 2. The van der Waals surface area contributed by atoms with Crippen molar-refractivity contribution in [3.05, 3.63) is 82.0 Å². The van der Waals surface area contributed by atoms with Gasteiger partial charge >= 0.3 is 5.69 Å². The molecule has 5 aromatic rings. The van der Waals surface area contributed by atoms with Crippen molar-refractivity contribution in [3.8, 4) is 5.75 Å². The van der Waals surface area contributed by atoms with Crippen molar-refractivity contribution in [1.29, 1.82) is 0 Å². The van der Waals surface area contributed by atoms with Crippen molar-refractivity contribution < 1.29 is 9.84 Å². The second kappa shape index (κ2) is 11.1. The topological polar surface area (TPSA) is 102 Å². The number of rotatable bonds is 9. The van der Waals surface area contributed by atoms with E-state index in [2.05, 4.69) is 25.8 Å². The maximum absolute atomic E-state index is 13.1. The molecular weight excluding hydrogens is 506 g/mol. The second-order valence-electron chi connectivity index (χ2n) is 10.4. The Morgan fingerprint density at radius 2 is 1.75 bits per heavy atom. The van der Waals surface area contributed by atoms with Gasteiger partial charge in [-0.15, -0.1) is 0 Å². The Morgan fingerprint density at radius 1 is 0.950 bits per heavy atom. The first kappa shape index (κ1) is 26.1. The maximum atomic E-state index is 13.1. The van der Waals surface area contributed by atoms with Crippen LogP contribution in [-0.4, -0.2) is 73.1 Å². The zero-order chi connectivity index (χ0) is 27.6. The highest BCUT2D eigenvalue weighted by atomic mass is 16.5. The molecule has 1 aliphatic rings. The quantitative estimate of drug-likeness (QED) is 0.276. The first-order chi connectivity index (χ1) is 19.5. The molecule has 3 aromatic heterocycles. The molecule has 0 atom stereocenters. The summed E-state index contributed by atoms with van der Waals surface area (Å²) >= 11 is 0. The molecule has 2 aromatic carbocycles. The fourth-order valence-electron chi connectivity index (χ4n) is 5.46. The average molecular weight is 542 g/mol. The number of nitrogens with zero attached hydrogens (tertiary/aromatic N) is 6. The second-order valence-corrected chi connectivity index (χ2v) is 10.4. The van der Waals surface area contributed by atoms with E-state index < -0.39 is 0 Å². The molecule has 6 rings (SSSR count). The molecule has 0 amide bonds. The summed E-state index contributed by atoms with van der Waals surface area (Å²) in [6.45, 7) is 8.03. The number of fused-ring (bicyclic) bond motifs is 2. The number of pyridine rings is 1. The van der Waals surface area contributed by atoms with Gasteiger partial charge in [0.2, 0.25) is 5.95 Å². The third-order valence-corrected chi connectivity index (χ3v) is 7.64. The van der Waals surface area contributed by atoms with Gasteiger partial charge in [0.05, 0.1) is 48.4 Å². The van der Waals surface area contributed by atoms with Gasteiger partial charge in [0.1, 0.15) is 11.4 Å². The van der Waals surface area contributed by atoms with E-state index in [9.17, 15) is 9.90 Å². The van der Waals surface area contributed by atoms with Crippen LogP contribution in [0.25, 0.3) is 22.1 Å². The van der Waals surface area contributed by atoms with E-state index in [-0.39, 0.29) is 11.4 Å². The highest BCUT2D eigenvalue weighted by molar-refractivity contribution is 5.80. The Balaban J connectivity index is 1.32. The third kappa shape index (κ3) is 5.20. The van der Waals surface area contributed by atoms with Gasteiger partial charge in [0.25, 0.3) is 0 Å². The minimum absolute atomic E-state index is 0.0497. The largest absolute Gasteiger partial charge is 0.506 e. The van der Waals surface area contributed by atoms with Crippen LogP contribution in [0.4, 0.5) is 5.95 Å². The minimum Gasteiger partial charge on any atom is -0.506 e. The molecule has 4 heterocycles. The molecule has 1 aliphatic heterocycles. The third-order valence-electron chi connectivity index (χ3n) is 7.64. The van der Waals surface area contributed by atoms with Crippen molar-refractivity contribution in [2.45, 2.75) is 26.4 Å². The number of aromatic hydroxyl groups is 1. The van der Waals surface area contributed by atoms with Crippen LogP contribution in [0, 0.1) is 6.92 Å². The number of ether oxygens (including phenoxy) is 1. The molecule has 0 saturated carbocycles. The van der Waals surface area contributed by atoms with Crippen LogP contribution in [0.3, 0.4) is 0 Å². The van der Waals surface area contributed by atoms with Crippen LogP contribution >= 0.6 is 0 Å². The van der Waals surface area contributed by atoms with Crippen molar-refractivity contribution in [3.63, 3.8) is 0 Å². The molecule has 10 nitrogen and oxygen atoms in total. The van der Waals surface area contributed by atoms with Crippen molar-refractivity contribution in [1.82, 2.24) is 28.6 Å². The van der Waals surface area contributed by atoms with Gasteiger partial charge in [-0.3, -0.25) is 19.0 Å². The van der Waals surface area contributed by atoms with E-state index in [0.717, 1.165) is 85.1 Å². The SMILES string of the molecule is Cc1ccc(O)c(Cn2c(NCCCN3CCOCC3)nc3ccc(Cn4c(=O)n(C)c5ccccc54)cc32)n1. The zero-order valence-electron chi connectivity index (χ0n) is 23.0. The lowest BCUT2D eigenvalue weighted by molar-refractivity contribution is 0.0378. The summed E-state index contributed by atoms with van der Waals surface area (Å²) in [5.41, 5.74) is 5.95. The van der Waals surface area contributed by atoms with Crippen LogP contribution in [0.5, 0.6) is 5.75 Å². The molecule has 0 aliphatic carbocycles. The fourth-order valence-corrected chi connectivity index (χ4v) is 5.46. The van der Waals surface area contributed by atoms with E-state index in [4.69, 9.17) is 9.72 Å². The highest BCUT2D eigenvalue weighted by Crippen LogP contribution is 2.26. The highest BCUT2D eigenvalue weighted by Gasteiger charge is 2.17. The number of imidazole rings is 2. The van der Waals surface area contributed by atoms with E-state index in [1.54, 1.807) is 28.3 Å². The summed E-state index contributed by atoms with van der Waals surface area (Å²) in [5.74, 6) is 0.892. The number of benzene rings is 2. The average Bonchev–Trinajstić information content (AvgIpc) is 3.43. The lowest BCUT2D eigenvalue weighted by Crippen LogP contribution is -2.37. The van der Waals surface area contributed by atoms with Crippen molar-refractivity contribution in [2.75, 3.05) is 44.7 Å². The smallest absolute Gasteiger partial charge is 0.329 e. The van der Waals surface area contributed by atoms with Crippen LogP contribution < -0.4 is 11.0 Å². The van der Waals surface area contributed by atoms with E-state index in [1.807, 2.05) is 43.3 Å². The number of aryl methyl sites for hydroxylation is 2. The number of anilines is 1. The molecule has 0 bridgehead atoms. The first-order valence-electron chi connectivity index (χ1n) is 13.8. The first-order valence-corrected chi connectivity index (χ1v) is 13.8. The van der Waals surface area contributed by atoms with Gasteiger partial charge in [-0.25, -0.2) is 9.78 Å². The van der Waals surface area contributed by atoms with E-state index in [0.29, 0.717) is 18.8 Å². The Labute approximate surface area is 232 Å². The monoisotopic (exact) mass is 541 g/mol. The van der Waals surface area contributed by atoms with Crippen molar-refractivity contribution >= 4 is 28.0 Å². The molecular formula is C30H35N7O3. The van der Waals surface area contributed by atoms with E-state index in [1.165, 1.54) is 0 Å². The van der Waals surface area contributed by atoms with Gasteiger partial charge in [-0.05, 0) is 61.9 Å². The molecule has 1 saturated heterocycles. The lowest BCUT2D eigenvalue weighted by Gasteiger charge is -2.26. The minimum atomic E-state index is -0.0497. The molecule has 10 heteroatoms. The van der Waals surface area contributed by atoms with Crippen LogP contribution in [0.15, 0.2) is 59.4 Å². The Morgan fingerprint density at radius 3 is 2.58 bits per heavy atom. The van der Waals surface area contributed by atoms with Gasteiger partial charge in [-0.2, -0.15) is 0 Å². The molecule has 208 valence electrons. The molecule has 1 fully saturated rings. The summed E-state index contributed by atoms with van der Waals surface area (Å²) < 4.78 is 11.0. The normalized spacial score (nSPS) is 14.3. The molecule has 0 spiro atoms. The Kier molecular flexibility index (Phi) is 7.27. The van der Waals surface area contributed by atoms with Crippen LogP contribution in [-0.2, 0) is 24.9 Å². The molecule has 0 unspecified atom stereocenters. The number of hydrogen-bond donors (Lipinski definition) is 2. The summed E-state index contributed by atoms with van der Waals surface area (Å²) in [5, 5.41) is 14.1. The standard InChI is InChI=1S/C30H35N7O3/c1-21-8-11-28(38)24(32-21)20-36-27-18-22(19-37-26-7-4-3-6-25(26)34(2)30(37)39)9-10-23(27)33-29(36)31-12-5-13-35-14-16-40-17-15-35/h3-4,6-11,18,38H,5,12-17,19-20H2,1-2H3,(H,31,33). The van der Waals surface area contributed by atoms with Gasteiger partial charge in [0, 0.05) is 32.4 Å². The van der Waals surface area contributed by atoms with Gasteiger partial charge < -0.3 is 19.7 Å². The van der Waals surface area contributed by atoms with Crippen molar-refractivity contribution in [2.24, 2.45) is 7.05 Å². The number of hydrogen-bond acceptors (Lipinski definition) is 7.